The number of hydrogen-bond acceptors (Lipinski definition) is 4. The predicted octanol–water partition coefficient (Wildman–Crippen LogP) is 3.94. The summed E-state index contributed by atoms with van der Waals surface area (Å²) in [4.78, 5) is 42.9. The summed E-state index contributed by atoms with van der Waals surface area (Å²) in [5.41, 5.74) is 5.31. The molecule has 1 unspecified atom stereocenters. The molecule has 7 nitrogen and oxygen atoms in total. The first-order valence-electron chi connectivity index (χ1n) is 11.3. The first-order valence-corrected chi connectivity index (χ1v) is 11.3. The Morgan fingerprint density at radius 2 is 1.94 bits per heavy atom. The van der Waals surface area contributed by atoms with Crippen LogP contribution in [0.2, 0.25) is 0 Å². The van der Waals surface area contributed by atoms with Crippen LogP contribution in [0.4, 0.5) is 0 Å². The largest absolute Gasteiger partial charge is 0.356 e. The lowest BCUT2D eigenvalue weighted by atomic mass is 9.94. The number of para-hydroxylation sites is 1. The van der Waals surface area contributed by atoms with E-state index in [4.69, 9.17) is 4.98 Å². The fraction of sp³-hybridized carbons (Fsp3) is 0.308. The van der Waals surface area contributed by atoms with Crippen molar-refractivity contribution in [2.24, 2.45) is 5.92 Å². The van der Waals surface area contributed by atoms with Crippen LogP contribution in [0.1, 0.15) is 58.7 Å². The van der Waals surface area contributed by atoms with Gasteiger partial charge in [-0.25, -0.2) is 4.79 Å². The molecular weight excluding hydrogens is 414 g/mol. The van der Waals surface area contributed by atoms with E-state index in [1.165, 1.54) is 10.9 Å². The van der Waals surface area contributed by atoms with Gasteiger partial charge in [0.2, 0.25) is 0 Å². The maximum atomic E-state index is 13.8. The molecule has 0 saturated heterocycles. The predicted molar refractivity (Wildman–Crippen MR) is 127 cm³/mol. The lowest BCUT2D eigenvalue weighted by Crippen LogP contribution is -2.42. The number of rotatable bonds is 4. The molecule has 1 atom stereocenters. The van der Waals surface area contributed by atoms with Crippen molar-refractivity contribution in [3.63, 3.8) is 0 Å². The molecule has 5 rings (SSSR count). The Hall–Kier alpha value is -3.74. The van der Waals surface area contributed by atoms with Crippen LogP contribution in [0.25, 0.3) is 10.9 Å². The molecule has 0 saturated carbocycles. The van der Waals surface area contributed by atoms with Crippen LogP contribution in [0, 0.1) is 12.8 Å². The molecule has 0 bridgehead atoms. The molecule has 7 heteroatoms. The lowest BCUT2D eigenvalue weighted by Gasteiger charge is -2.35. The Morgan fingerprint density at radius 1 is 1.12 bits per heavy atom. The summed E-state index contributed by atoms with van der Waals surface area (Å²) < 4.78 is 0. The zero-order valence-corrected chi connectivity index (χ0v) is 19.1. The summed E-state index contributed by atoms with van der Waals surface area (Å²) >= 11 is 0. The number of benzene rings is 1. The SMILES string of the molecule is Cc1cccc(C2c3[nH]c4ccccc4c3CCN2C(=O)c2cc(CC(C)C)[nH]c(=O)n2)n1. The van der Waals surface area contributed by atoms with Crippen LogP contribution >= 0.6 is 0 Å². The minimum Gasteiger partial charge on any atom is -0.356 e. The molecule has 0 aliphatic carbocycles. The second-order valence-corrected chi connectivity index (χ2v) is 9.11. The number of aromatic nitrogens is 4. The molecule has 3 aromatic heterocycles. The summed E-state index contributed by atoms with van der Waals surface area (Å²) in [5, 5.41) is 1.17. The zero-order valence-electron chi connectivity index (χ0n) is 19.1. The number of aryl methyl sites for hydroxylation is 1. The average molecular weight is 442 g/mol. The van der Waals surface area contributed by atoms with Crippen molar-refractivity contribution >= 4 is 16.8 Å². The van der Waals surface area contributed by atoms with Gasteiger partial charge in [0.05, 0.1) is 5.69 Å². The number of nitrogens with one attached hydrogen (secondary N) is 2. The molecule has 4 heterocycles. The summed E-state index contributed by atoms with van der Waals surface area (Å²) in [5.74, 6) is 0.0860. The van der Waals surface area contributed by atoms with Crippen molar-refractivity contribution in [3.8, 4) is 0 Å². The second-order valence-electron chi connectivity index (χ2n) is 9.11. The number of carbonyl (C=O) groups is 1. The second kappa shape index (κ2) is 8.31. The first kappa shape index (κ1) is 21.1. The Morgan fingerprint density at radius 3 is 2.73 bits per heavy atom. The summed E-state index contributed by atoms with van der Waals surface area (Å²) in [7, 11) is 0. The zero-order chi connectivity index (χ0) is 23.1. The Labute approximate surface area is 191 Å². The van der Waals surface area contributed by atoms with Gasteiger partial charge >= 0.3 is 5.69 Å². The van der Waals surface area contributed by atoms with E-state index < -0.39 is 5.69 Å². The Kier molecular flexibility index (Phi) is 5.32. The first-order chi connectivity index (χ1) is 15.9. The van der Waals surface area contributed by atoms with E-state index in [2.05, 4.69) is 40.9 Å². The summed E-state index contributed by atoms with van der Waals surface area (Å²) in [6.07, 6.45) is 1.39. The number of nitrogens with zero attached hydrogens (tertiary/aromatic N) is 3. The third kappa shape index (κ3) is 3.95. The van der Waals surface area contributed by atoms with Gasteiger partial charge in [0.15, 0.2) is 0 Å². The topological polar surface area (TPSA) is 94.7 Å². The Bertz CT molecular complexity index is 1400. The molecule has 1 aliphatic heterocycles. The number of H-pyrrole nitrogens is 2. The fourth-order valence-corrected chi connectivity index (χ4v) is 4.80. The highest BCUT2D eigenvalue weighted by molar-refractivity contribution is 5.94. The molecule has 0 radical (unpaired) electrons. The molecule has 0 spiro atoms. The monoisotopic (exact) mass is 441 g/mol. The maximum absolute atomic E-state index is 13.8. The van der Waals surface area contributed by atoms with E-state index >= 15 is 0 Å². The minimum absolute atomic E-state index is 0.173. The summed E-state index contributed by atoms with van der Waals surface area (Å²) in [6, 6.07) is 15.4. The molecule has 1 amide bonds. The van der Waals surface area contributed by atoms with Gasteiger partial charge in [-0.05, 0) is 55.5 Å². The van der Waals surface area contributed by atoms with Gasteiger partial charge in [0, 0.05) is 34.5 Å². The highest BCUT2D eigenvalue weighted by Gasteiger charge is 2.36. The average Bonchev–Trinajstić information content (AvgIpc) is 3.15. The van der Waals surface area contributed by atoms with E-state index in [9.17, 15) is 9.59 Å². The third-order valence-corrected chi connectivity index (χ3v) is 6.13. The van der Waals surface area contributed by atoms with Crippen LogP contribution in [0.3, 0.4) is 0 Å². The van der Waals surface area contributed by atoms with Crippen LogP contribution in [-0.4, -0.2) is 37.3 Å². The van der Waals surface area contributed by atoms with Crippen molar-refractivity contribution in [2.75, 3.05) is 6.54 Å². The number of hydrogen-bond donors (Lipinski definition) is 2. The Balaban J connectivity index is 1.63. The van der Waals surface area contributed by atoms with Gasteiger partial charge in [-0.1, -0.05) is 38.1 Å². The van der Waals surface area contributed by atoms with E-state index in [-0.39, 0.29) is 17.6 Å². The third-order valence-electron chi connectivity index (χ3n) is 6.13. The van der Waals surface area contributed by atoms with E-state index in [1.54, 1.807) is 11.0 Å². The van der Waals surface area contributed by atoms with Crippen molar-refractivity contribution in [2.45, 2.75) is 39.7 Å². The molecule has 2 N–H and O–H groups in total. The van der Waals surface area contributed by atoms with Crippen molar-refractivity contribution in [1.29, 1.82) is 0 Å². The minimum atomic E-state index is -0.495. The summed E-state index contributed by atoms with van der Waals surface area (Å²) in [6.45, 7) is 6.60. The van der Waals surface area contributed by atoms with Crippen LogP contribution < -0.4 is 5.69 Å². The van der Waals surface area contributed by atoms with E-state index in [0.29, 0.717) is 18.9 Å². The number of amides is 1. The molecule has 168 valence electrons. The normalized spacial score (nSPS) is 15.8. The smallest absolute Gasteiger partial charge is 0.345 e. The van der Waals surface area contributed by atoms with Crippen molar-refractivity contribution in [3.05, 3.63) is 93.0 Å². The number of carbonyl (C=O) groups excluding carboxylic acids is 1. The highest BCUT2D eigenvalue weighted by atomic mass is 16.2. The van der Waals surface area contributed by atoms with Crippen molar-refractivity contribution in [1.82, 2.24) is 24.8 Å². The molecule has 33 heavy (non-hydrogen) atoms. The highest BCUT2D eigenvalue weighted by Crippen LogP contribution is 2.38. The lowest BCUT2D eigenvalue weighted by molar-refractivity contribution is 0.0681. The van der Waals surface area contributed by atoms with Gasteiger partial charge in [-0.3, -0.25) is 9.78 Å². The fourth-order valence-electron chi connectivity index (χ4n) is 4.80. The van der Waals surface area contributed by atoms with E-state index in [1.807, 2.05) is 37.3 Å². The molecule has 1 aliphatic rings. The molecule has 4 aromatic rings. The van der Waals surface area contributed by atoms with Gasteiger partial charge in [0.1, 0.15) is 11.7 Å². The molecular formula is C26H27N5O2. The quantitative estimate of drug-likeness (QED) is 0.501. The number of aromatic amines is 2. The van der Waals surface area contributed by atoms with Crippen LogP contribution in [0.15, 0.2) is 53.3 Å². The van der Waals surface area contributed by atoms with Crippen molar-refractivity contribution < 1.29 is 4.79 Å². The van der Waals surface area contributed by atoms with Crippen LogP contribution in [-0.2, 0) is 12.8 Å². The van der Waals surface area contributed by atoms with Gasteiger partial charge in [-0.2, -0.15) is 4.98 Å². The molecule has 0 fully saturated rings. The van der Waals surface area contributed by atoms with Gasteiger partial charge in [-0.15, -0.1) is 0 Å². The number of pyridine rings is 1. The van der Waals surface area contributed by atoms with Gasteiger partial charge < -0.3 is 14.9 Å². The maximum Gasteiger partial charge on any atom is 0.345 e. The van der Waals surface area contributed by atoms with Crippen LogP contribution in [0.5, 0.6) is 0 Å². The van der Waals surface area contributed by atoms with E-state index in [0.717, 1.165) is 34.7 Å². The standard InChI is InChI=1S/C26H27N5O2/c1-15(2)13-17-14-22(30-26(33)28-17)25(32)31-12-11-19-18-8-4-5-9-20(18)29-23(19)24(31)21-10-6-7-16(3)27-21/h4-10,14-15,24,29H,11-13H2,1-3H3,(H,28,30,33). The molecule has 1 aromatic carbocycles. The van der Waals surface area contributed by atoms with Gasteiger partial charge in [0.25, 0.3) is 5.91 Å². The number of fused-ring (bicyclic) bond motifs is 3.